The predicted octanol–water partition coefficient (Wildman–Crippen LogP) is 6.34. The van der Waals surface area contributed by atoms with Crippen LogP contribution in [0.4, 0.5) is 26.6 Å². The van der Waals surface area contributed by atoms with Gasteiger partial charge in [0.25, 0.3) is 0 Å². The molecule has 2 aromatic rings. The number of urea groups is 1. The highest BCUT2D eigenvalue weighted by atomic mass is 35.5. The van der Waals surface area contributed by atoms with Crippen molar-refractivity contribution in [3.05, 3.63) is 34.7 Å². The Bertz CT molecular complexity index is 1060. The molecule has 0 bridgehead atoms. The van der Waals surface area contributed by atoms with Crippen molar-refractivity contribution in [3.8, 4) is 5.75 Å². The number of unbranched alkanes of at least 4 members (excludes halogenated alkanes) is 2. The molecule has 1 aliphatic heterocycles. The number of fused-ring (bicyclic) bond motifs is 1. The Morgan fingerprint density at radius 1 is 1.16 bits per heavy atom. The van der Waals surface area contributed by atoms with Gasteiger partial charge in [0.1, 0.15) is 11.5 Å². The van der Waals surface area contributed by atoms with Crippen LogP contribution >= 0.6 is 11.6 Å². The summed E-state index contributed by atoms with van der Waals surface area (Å²) in [5, 5.41) is 3.42. The van der Waals surface area contributed by atoms with E-state index in [2.05, 4.69) is 47.9 Å². The number of benzene rings is 1. The molecular formula is C27H40ClFN6O2. The van der Waals surface area contributed by atoms with E-state index in [4.69, 9.17) is 16.3 Å². The van der Waals surface area contributed by atoms with E-state index < -0.39 is 11.8 Å². The van der Waals surface area contributed by atoms with E-state index >= 15 is 4.39 Å². The zero-order valence-electron chi connectivity index (χ0n) is 22.9. The Balaban J connectivity index is 1.67. The summed E-state index contributed by atoms with van der Waals surface area (Å²) in [5.41, 5.74) is 0.712. The average molecular weight is 535 g/mol. The number of carbonyl (C=O) groups is 1. The summed E-state index contributed by atoms with van der Waals surface area (Å²) in [7, 11) is 0. The maximum atomic E-state index is 15.2. The lowest BCUT2D eigenvalue weighted by atomic mass is 10.1. The van der Waals surface area contributed by atoms with Crippen molar-refractivity contribution >= 4 is 35.1 Å². The number of hydrogen-bond donors (Lipinski definition) is 1. The third-order valence-corrected chi connectivity index (χ3v) is 6.81. The zero-order chi connectivity index (χ0) is 27.1. The van der Waals surface area contributed by atoms with Gasteiger partial charge >= 0.3 is 6.03 Å². The van der Waals surface area contributed by atoms with Crippen molar-refractivity contribution in [2.24, 2.45) is 0 Å². The Morgan fingerprint density at radius 2 is 1.89 bits per heavy atom. The number of carbonyl (C=O) groups excluding carboxylic acids is 1. The maximum absolute atomic E-state index is 15.2. The molecule has 0 unspecified atom stereocenters. The third kappa shape index (κ3) is 6.82. The van der Waals surface area contributed by atoms with Crippen LogP contribution < -0.4 is 19.9 Å². The van der Waals surface area contributed by atoms with Gasteiger partial charge < -0.3 is 10.1 Å². The largest absolute Gasteiger partial charge is 0.491 e. The van der Waals surface area contributed by atoms with Crippen LogP contribution in [-0.4, -0.2) is 59.2 Å². The lowest BCUT2D eigenvalue weighted by Gasteiger charge is -2.36. The molecule has 1 N–H and O–H groups in total. The molecule has 2 heterocycles. The molecule has 0 spiro atoms. The van der Waals surface area contributed by atoms with E-state index in [1.165, 1.54) is 21.9 Å². The molecule has 8 nitrogen and oxygen atoms in total. The van der Waals surface area contributed by atoms with Gasteiger partial charge in [0.05, 0.1) is 18.2 Å². The molecule has 1 aliphatic rings. The first-order valence-corrected chi connectivity index (χ1v) is 13.6. The van der Waals surface area contributed by atoms with Crippen molar-refractivity contribution in [2.45, 2.75) is 79.4 Å². The van der Waals surface area contributed by atoms with Gasteiger partial charge in [-0.3, -0.25) is 14.7 Å². The van der Waals surface area contributed by atoms with Crippen LogP contribution in [0.1, 0.15) is 66.4 Å². The lowest BCUT2D eigenvalue weighted by Crippen LogP contribution is -2.48. The quantitative estimate of drug-likeness (QED) is 0.302. The average Bonchev–Trinajstić information content (AvgIpc) is 2.85. The second-order valence-corrected chi connectivity index (χ2v) is 10.1. The highest BCUT2D eigenvalue weighted by molar-refractivity contribution is 6.34. The monoisotopic (exact) mass is 534 g/mol. The first kappa shape index (κ1) is 28.9. The molecule has 0 fully saturated rings. The fourth-order valence-corrected chi connectivity index (χ4v) is 4.96. The fraction of sp³-hybridized carbons (Fsp3) is 0.593. The highest BCUT2D eigenvalue weighted by Crippen LogP contribution is 2.39. The van der Waals surface area contributed by atoms with Crippen LogP contribution in [0, 0.1) is 5.82 Å². The molecule has 1 aromatic heterocycles. The van der Waals surface area contributed by atoms with Gasteiger partial charge in [0, 0.05) is 36.9 Å². The first-order valence-electron chi connectivity index (χ1n) is 13.2. The molecule has 0 saturated carbocycles. The molecule has 0 aliphatic carbocycles. The van der Waals surface area contributed by atoms with Crippen molar-refractivity contribution in [1.29, 1.82) is 0 Å². The van der Waals surface area contributed by atoms with E-state index in [0.29, 0.717) is 42.6 Å². The summed E-state index contributed by atoms with van der Waals surface area (Å²) in [4.78, 5) is 27.8. The van der Waals surface area contributed by atoms with Gasteiger partial charge in [-0.1, -0.05) is 18.0 Å². The van der Waals surface area contributed by atoms with Crippen LogP contribution in [-0.2, 0) is 6.54 Å². The van der Waals surface area contributed by atoms with Gasteiger partial charge in [-0.25, -0.2) is 14.2 Å². The summed E-state index contributed by atoms with van der Waals surface area (Å²) < 4.78 is 20.6. The Kier molecular flexibility index (Phi) is 10.3. The number of aromatic nitrogens is 2. The standard InChI is InChI=1S/C27H40ClFN6O2/c1-7-33-25-20(17-35(27(33)36)24-21(28)12-13-22(23(24)29)37-8-2)16-31-26(32-25)30-14-10-9-11-15-34(18(3)4)19(5)6/h12-13,16,18-19H,7-11,14-15,17H2,1-6H3,(H,30,31,32). The Labute approximate surface area is 225 Å². The number of nitrogens with zero attached hydrogens (tertiary/aromatic N) is 5. The predicted molar refractivity (Wildman–Crippen MR) is 149 cm³/mol. The minimum Gasteiger partial charge on any atom is -0.491 e. The summed E-state index contributed by atoms with van der Waals surface area (Å²) in [6.07, 6.45) is 4.94. The van der Waals surface area contributed by atoms with E-state index in [0.717, 1.165) is 32.4 Å². The molecular weight excluding hydrogens is 495 g/mol. The van der Waals surface area contributed by atoms with Gasteiger partial charge in [-0.15, -0.1) is 0 Å². The van der Waals surface area contributed by atoms with Crippen LogP contribution in [0.3, 0.4) is 0 Å². The summed E-state index contributed by atoms with van der Waals surface area (Å²) >= 11 is 6.33. The second kappa shape index (κ2) is 13.2. The lowest BCUT2D eigenvalue weighted by molar-refractivity contribution is 0.171. The van der Waals surface area contributed by atoms with E-state index in [1.807, 2.05) is 6.92 Å². The minimum absolute atomic E-state index is 0.00239. The molecule has 0 radical (unpaired) electrons. The van der Waals surface area contributed by atoms with E-state index in [9.17, 15) is 4.79 Å². The minimum atomic E-state index is -0.661. The fourth-order valence-electron chi connectivity index (χ4n) is 4.71. The van der Waals surface area contributed by atoms with Crippen LogP contribution in [0.15, 0.2) is 18.3 Å². The third-order valence-electron chi connectivity index (χ3n) is 6.51. The summed E-state index contributed by atoms with van der Waals surface area (Å²) in [6, 6.07) is 3.70. The number of halogens is 2. The number of nitrogens with one attached hydrogen (secondary N) is 1. The smallest absolute Gasteiger partial charge is 0.330 e. The Morgan fingerprint density at radius 3 is 2.54 bits per heavy atom. The Hall–Kier alpha value is -2.65. The van der Waals surface area contributed by atoms with E-state index in [-0.39, 0.29) is 23.0 Å². The van der Waals surface area contributed by atoms with Gasteiger partial charge in [-0.2, -0.15) is 4.98 Å². The molecule has 0 atom stereocenters. The summed E-state index contributed by atoms with van der Waals surface area (Å²) in [6.45, 7) is 15.2. The number of rotatable bonds is 13. The molecule has 2 amide bonds. The van der Waals surface area contributed by atoms with Crippen molar-refractivity contribution in [2.75, 3.05) is 41.4 Å². The topological polar surface area (TPSA) is 73.8 Å². The zero-order valence-corrected chi connectivity index (χ0v) is 23.6. The number of hydrogen-bond acceptors (Lipinski definition) is 6. The normalized spacial score (nSPS) is 13.6. The second-order valence-electron chi connectivity index (χ2n) is 9.71. The number of ether oxygens (including phenoxy) is 1. The van der Waals surface area contributed by atoms with Gasteiger partial charge in [0.15, 0.2) is 11.6 Å². The molecule has 3 rings (SSSR count). The SMILES string of the molecule is CCOc1ccc(Cl)c(N2Cc3cnc(NCCCCCN(C(C)C)C(C)C)nc3N(CC)C2=O)c1F. The van der Waals surface area contributed by atoms with Crippen molar-refractivity contribution < 1.29 is 13.9 Å². The maximum Gasteiger partial charge on any atom is 0.330 e. The van der Waals surface area contributed by atoms with Crippen molar-refractivity contribution in [1.82, 2.24) is 14.9 Å². The molecule has 1 aromatic carbocycles. The van der Waals surface area contributed by atoms with E-state index in [1.54, 1.807) is 13.1 Å². The molecule has 204 valence electrons. The van der Waals surface area contributed by atoms with Crippen LogP contribution in [0.2, 0.25) is 5.02 Å². The van der Waals surface area contributed by atoms with Crippen LogP contribution in [0.5, 0.6) is 5.75 Å². The molecule has 10 heteroatoms. The highest BCUT2D eigenvalue weighted by Gasteiger charge is 2.35. The number of anilines is 3. The molecule has 0 saturated heterocycles. The van der Waals surface area contributed by atoms with Crippen LogP contribution in [0.25, 0.3) is 0 Å². The summed E-state index contributed by atoms with van der Waals surface area (Å²) in [5.74, 6) is 0.405. The number of amides is 2. The first-order chi connectivity index (χ1) is 17.7. The van der Waals surface area contributed by atoms with Gasteiger partial charge in [-0.05, 0) is 73.1 Å². The van der Waals surface area contributed by atoms with Gasteiger partial charge in [0.2, 0.25) is 5.95 Å². The van der Waals surface area contributed by atoms with Crippen molar-refractivity contribution in [3.63, 3.8) is 0 Å². The molecule has 37 heavy (non-hydrogen) atoms.